The summed E-state index contributed by atoms with van der Waals surface area (Å²) < 4.78 is 123. The Hall–Kier alpha value is -1.89. The second kappa shape index (κ2) is 7.56. The molecule has 0 saturated carbocycles. The van der Waals surface area contributed by atoms with Crippen molar-refractivity contribution in [2.45, 2.75) is 43.3 Å². The van der Waals surface area contributed by atoms with Gasteiger partial charge < -0.3 is 14.8 Å². The highest BCUT2D eigenvalue weighted by Gasteiger charge is 2.81. The third-order valence-electron chi connectivity index (χ3n) is 2.72. The van der Waals surface area contributed by atoms with Gasteiger partial charge in [0.15, 0.2) is 0 Å². The monoisotopic (exact) mass is 393 g/mol. The number of amides is 1. The molecule has 1 unspecified atom stereocenters. The Morgan fingerprint density at radius 1 is 0.960 bits per heavy atom. The van der Waals surface area contributed by atoms with Crippen LogP contribution in [0.1, 0.15) is 13.3 Å². The number of esters is 1. The number of carbonyl (C=O) groups excluding carboxylic acids is 2. The molecule has 0 fully saturated rings. The van der Waals surface area contributed by atoms with E-state index in [1.54, 1.807) is 0 Å². The molecular formula is C11H12F9NO4. The number of hydrogen-bond acceptors (Lipinski definition) is 4. The summed E-state index contributed by atoms with van der Waals surface area (Å²) in [5, 5.41) is 1.31. The zero-order chi connectivity index (χ0) is 20.3. The van der Waals surface area contributed by atoms with Crippen molar-refractivity contribution in [3.05, 3.63) is 0 Å². The van der Waals surface area contributed by atoms with Crippen molar-refractivity contribution in [3.63, 3.8) is 0 Å². The van der Waals surface area contributed by atoms with Gasteiger partial charge in [-0.25, -0.2) is 9.59 Å². The lowest BCUT2D eigenvalue weighted by Gasteiger charge is -2.34. The minimum atomic E-state index is -7.10. The number of rotatable bonds is 7. The van der Waals surface area contributed by atoms with Gasteiger partial charge in [-0.1, -0.05) is 0 Å². The van der Waals surface area contributed by atoms with Crippen LogP contribution in [0.4, 0.5) is 44.3 Å². The lowest BCUT2D eigenvalue weighted by atomic mass is 9.97. The molecule has 5 nitrogen and oxygen atoms in total. The molecule has 0 heterocycles. The highest BCUT2D eigenvalue weighted by molar-refractivity contribution is 5.81. The molecule has 1 atom stereocenters. The maximum atomic E-state index is 13.5. The van der Waals surface area contributed by atoms with Gasteiger partial charge >= 0.3 is 36.0 Å². The molecule has 148 valence electrons. The van der Waals surface area contributed by atoms with E-state index in [0.29, 0.717) is 7.11 Å². The van der Waals surface area contributed by atoms with E-state index in [9.17, 15) is 49.1 Å². The van der Waals surface area contributed by atoms with Crippen LogP contribution in [-0.4, -0.2) is 55.8 Å². The standard InChI is InChI=1S/C11H12F9NO4/c1-3-25-7(23)21-5(6(22)24-2)4-8(12,13)9(14,15)10(16,17)11(18,19)20/h5H,3-4H2,1-2H3,(H,21,23). The summed E-state index contributed by atoms with van der Waals surface area (Å²) in [5.74, 6) is -21.9. The van der Waals surface area contributed by atoms with E-state index in [0.717, 1.165) is 0 Å². The van der Waals surface area contributed by atoms with Crippen molar-refractivity contribution in [2.24, 2.45) is 0 Å². The van der Waals surface area contributed by atoms with Crippen LogP contribution in [0, 0.1) is 0 Å². The molecule has 0 bridgehead atoms. The summed E-state index contributed by atoms with van der Waals surface area (Å²) in [6.45, 7) is 0.887. The lowest BCUT2D eigenvalue weighted by Crippen LogP contribution is -2.62. The van der Waals surface area contributed by atoms with Gasteiger partial charge in [0.1, 0.15) is 6.04 Å². The molecule has 0 radical (unpaired) electrons. The third kappa shape index (κ3) is 4.81. The van der Waals surface area contributed by atoms with E-state index in [1.165, 1.54) is 12.2 Å². The summed E-state index contributed by atoms with van der Waals surface area (Å²) in [5.41, 5.74) is 0. The first-order valence-electron chi connectivity index (χ1n) is 6.26. The minimum absolute atomic E-state index is 0.349. The van der Waals surface area contributed by atoms with E-state index >= 15 is 0 Å². The summed E-state index contributed by atoms with van der Waals surface area (Å²) in [6.07, 6.45) is -11.2. The van der Waals surface area contributed by atoms with E-state index in [4.69, 9.17) is 0 Å². The van der Waals surface area contributed by atoms with E-state index < -0.39 is 48.5 Å². The molecule has 1 amide bonds. The largest absolute Gasteiger partial charge is 0.467 e. The number of ether oxygens (including phenoxy) is 2. The quantitative estimate of drug-likeness (QED) is 0.533. The smallest absolute Gasteiger partial charge is 0.460 e. The molecular weight excluding hydrogens is 381 g/mol. The Labute approximate surface area is 134 Å². The van der Waals surface area contributed by atoms with Crippen LogP contribution < -0.4 is 5.32 Å². The SMILES string of the molecule is CCOC(=O)NC(CC(F)(F)C(F)(F)C(F)(F)C(F)(F)F)C(=O)OC. The van der Waals surface area contributed by atoms with Crippen molar-refractivity contribution >= 4 is 12.1 Å². The average Bonchev–Trinajstić information content (AvgIpc) is 2.44. The second-order valence-electron chi connectivity index (χ2n) is 4.50. The van der Waals surface area contributed by atoms with Crippen LogP contribution in [0.3, 0.4) is 0 Å². The number of alkyl halides is 9. The third-order valence-corrected chi connectivity index (χ3v) is 2.72. The Balaban J connectivity index is 5.65. The lowest BCUT2D eigenvalue weighted by molar-refractivity contribution is -0.397. The van der Waals surface area contributed by atoms with Crippen molar-refractivity contribution < 1.29 is 58.6 Å². The molecule has 1 N–H and O–H groups in total. The van der Waals surface area contributed by atoms with Crippen LogP contribution >= 0.6 is 0 Å². The van der Waals surface area contributed by atoms with Crippen LogP contribution in [0.15, 0.2) is 0 Å². The first-order valence-corrected chi connectivity index (χ1v) is 6.26. The number of methoxy groups -OCH3 is 1. The summed E-state index contributed by atoms with van der Waals surface area (Å²) >= 11 is 0. The predicted molar refractivity (Wildman–Crippen MR) is 61.5 cm³/mol. The first kappa shape index (κ1) is 23.1. The normalized spacial score (nSPS) is 14.7. The molecule has 0 aliphatic heterocycles. The fourth-order valence-corrected chi connectivity index (χ4v) is 1.44. The van der Waals surface area contributed by atoms with Gasteiger partial charge in [-0.2, -0.15) is 39.5 Å². The predicted octanol–water partition coefficient (Wildman–Crippen LogP) is 3.13. The summed E-state index contributed by atoms with van der Waals surface area (Å²) in [4.78, 5) is 22.3. The highest BCUT2D eigenvalue weighted by atomic mass is 19.4. The number of carbonyl (C=O) groups is 2. The molecule has 0 aromatic heterocycles. The summed E-state index contributed by atoms with van der Waals surface area (Å²) in [7, 11) is 0.572. The molecule has 0 rings (SSSR count). The average molecular weight is 393 g/mol. The van der Waals surface area contributed by atoms with E-state index in [1.807, 2.05) is 0 Å². The van der Waals surface area contributed by atoms with Gasteiger partial charge in [0.05, 0.1) is 13.7 Å². The zero-order valence-corrected chi connectivity index (χ0v) is 12.5. The van der Waals surface area contributed by atoms with E-state index in [-0.39, 0.29) is 6.61 Å². The van der Waals surface area contributed by atoms with Crippen LogP contribution in [0.25, 0.3) is 0 Å². The maximum absolute atomic E-state index is 13.5. The molecule has 0 aliphatic carbocycles. The topological polar surface area (TPSA) is 64.6 Å². The molecule has 0 aromatic rings. The second-order valence-corrected chi connectivity index (χ2v) is 4.50. The number of halogens is 9. The van der Waals surface area contributed by atoms with Crippen LogP contribution in [0.2, 0.25) is 0 Å². The van der Waals surface area contributed by atoms with Crippen molar-refractivity contribution in [2.75, 3.05) is 13.7 Å². The Kier molecular flexibility index (Phi) is 6.99. The maximum Gasteiger partial charge on any atom is 0.460 e. The Morgan fingerprint density at radius 2 is 1.44 bits per heavy atom. The van der Waals surface area contributed by atoms with Crippen molar-refractivity contribution in [1.29, 1.82) is 0 Å². The van der Waals surface area contributed by atoms with Crippen LogP contribution in [0.5, 0.6) is 0 Å². The molecule has 0 aromatic carbocycles. The Bertz CT molecular complexity index is 492. The molecule has 0 saturated heterocycles. The first-order chi connectivity index (χ1) is 11.0. The van der Waals surface area contributed by atoms with Gasteiger partial charge in [0.25, 0.3) is 0 Å². The number of alkyl carbamates (subject to hydrolysis) is 1. The fraction of sp³-hybridized carbons (Fsp3) is 0.818. The van der Waals surface area contributed by atoms with Crippen molar-refractivity contribution in [3.8, 4) is 0 Å². The van der Waals surface area contributed by atoms with Crippen molar-refractivity contribution in [1.82, 2.24) is 5.32 Å². The molecule has 0 aliphatic rings. The van der Waals surface area contributed by atoms with Crippen LogP contribution in [-0.2, 0) is 14.3 Å². The zero-order valence-electron chi connectivity index (χ0n) is 12.5. The van der Waals surface area contributed by atoms with Gasteiger partial charge in [-0.3, -0.25) is 0 Å². The van der Waals surface area contributed by atoms with Gasteiger partial charge in [-0.15, -0.1) is 0 Å². The van der Waals surface area contributed by atoms with E-state index in [2.05, 4.69) is 9.47 Å². The minimum Gasteiger partial charge on any atom is -0.467 e. The number of nitrogens with one attached hydrogen (secondary N) is 1. The highest BCUT2D eigenvalue weighted by Crippen LogP contribution is 2.54. The molecule has 14 heteroatoms. The fourth-order valence-electron chi connectivity index (χ4n) is 1.44. The summed E-state index contributed by atoms with van der Waals surface area (Å²) in [6, 6.07) is -2.67. The number of hydrogen-bond donors (Lipinski definition) is 1. The van der Waals surface area contributed by atoms with Gasteiger partial charge in [-0.05, 0) is 6.92 Å². The molecule has 25 heavy (non-hydrogen) atoms. The van der Waals surface area contributed by atoms with Gasteiger partial charge in [0, 0.05) is 6.42 Å². The Morgan fingerprint density at radius 3 is 1.80 bits per heavy atom. The molecule has 0 spiro atoms. The van der Waals surface area contributed by atoms with Gasteiger partial charge in [0.2, 0.25) is 0 Å².